The molecule has 5 nitrogen and oxygen atoms in total. The van der Waals surface area contributed by atoms with Crippen LogP contribution in [-0.2, 0) is 6.54 Å². The van der Waals surface area contributed by atoms with Crippen LogP contribution in [0.3, 0.4) is 0 Å². The second kappa shape index (κ2) is 5.85. The van der Waals surface area contributed by atoms with Crippen molar-refractivity contribution >= 4 is 12.2 Å². The van der Waals surface area contributed by atoms with Crippen LogP contribution in [0.5, 0.6) is 0 Å². The third kappa shape index (κ3) is 2.66. The van der Waals surface area contributed by atoms with Crippen LogP contribution in [0.4, 0.5) is 0 Å². The number of likely N-dealkylation sites (tertiary alicyclic amines) is 1. The molecule has 0 saturated carbocycles. The van der Waals surface area contributed by atoms with Gasteiger partial charge in [0, 0.05) is 30.5 Å². The summed E-state index contributed by atoms with van der Waals surface area (Å²) in [5, 5.41) is 7.27. The topological polar surface area (TPSA) is 49.7 Å². The molecule has 1 aliphatic heterocycles. The van der Waals surface area contributed by atoms with Crippen molar-refractivity contribution in [1.29, 1.82) is 0 Å². The average Bonchev–Trinajstić information content (AvgIpc) is 2.84. The third-order valence-corrected chi connectivity index (χ3v) is 4.30. The molecular formula is C14H19N5S. The highest BCUT2D eigenvalue weighted by molar-refractivity contribution is 7.71. The number of likely N-dealkylation sites (N-methyl/N-ethyl adjacent to an activating group) is 1. The van der Waals surface area contributed by atoms with Gasteiger partial charge in [0.05, 0.1) is 0 Å². The summed E-state index contributed by atoms with van der Waals surface area (Å²) in [6.45, 7) is 2.05. The van der Waals surface area contributed by atoms with Gasteiger partial charge in [-0.3, -0.25) is 14.6 Å². The lowest BCUT2D eigenvalue weighted by Crippen LogP contribution is -2.39. The number of nitrogens with one attached hydrogen (secondary N) is 1. The molecule has 106 valence electrons. The van der Waals surface area contributed by atoms with Crippen molar-refractivity contribution in [2.24, 2.45) is 0 Å². The zero-order chi connectivity index (χ0) is 13.9. The minimum atomic E-state index is 0.531. The van der Waals surface area contributed by atoms with Crippen LogP contribution in [0, 0.1) is 4.77 Å². The van der Waals surface area contributed by atoms with Gasteiger partial charge < -0.3 is 4.90 Å². The van der Waals surface area contributed by atoms with E-state index < -0.39 is 0 Å². The smallest absolute Gasteiger partial charge is 0.195 e. The predicted octanol–water partition coefficient (Wildman–Crippen LogP) is 2.49. The Morgan fingerprint density at radius 3 is 3.10 bits per heavy atom. The molecule has 20 heavy (non-hydrogen) atoms. The first kappa shape index (κ1) is 13.5. The van der Waals surface area contributed by atoms with E-state index in [2.05, 4.69) is 31.7 Å². The minimum absolute atomic E-state index is 0.531. The fraction of sp³-hybridized carbons (Fsp3) is 0.500. The molecule has 1 atom stereocenters. The predicted molar refractivity (Wildman–Crippen MR) is 80.9 cm³/mol. The van der Waals surface area contributed by atoms with E-state index in [0.29, 0.717) is 10.8 Å². The van der Waals surface area contributed by atoms with E-state index >= 15 is 0 Å². The highest BCUT2D eigenvalue weighted by Crippen LogP contribution is 2.21. The molecule has 0 aliphatic carbocycles. The molecule has 6 heteroatoms. The first-order valence-electron chi connectivity index (χ1n) is 7.01. The monoisotopic (exact) mass is 289 g/mol. The Morgan fingerprint density at radius 2 is 2.35 bits per heavy atom. The maximum atomic E-state index is 5.39. The average molecular weight is 289 g/mol. The van der Waals surface area contributed by atoms with Gasteiger partial charge >= 0.3 is 0 Å². The van der Waals surface area contributed by atoms with Crippen molar-refractivity contribution in [3.05, 3.63) is 29.3 Å². The SMILES string of the molecule is CN1CCCCC1Cn1c(-c2cccnc2)n[nH]c1=S. The fourth-order valence-electron chi connectivity index (χ4n) is 2.79. The van der Waals surface area contributed by atoms with Crippen LogP contribution in [-0.4, -0.2) is 44.3 Å². The second-order valence-corrected chi connectivity index (χ2v) is 5.72. The molecule has 2 aromatic rings. The van der Waals surface area contributed by atoms with E-state index in [0.717, 1.165) is 24.5 Å². The van der Waals surface area contributed by atoms with Crippen molar-refractivity contribution in [2.75, 3.05) is 13.6 Å². The summed E-state index contributed by atoms with van der Waals surface area (Å²) in [5.74, 6) is 0.877. The molecule has 2 aromatic heterocycles. The highest BCUT2D eigenvalue weighted by Gasteiger charge is 2.21. The number of hydrogen-bond acceptors (Lipinski definition) is 4. The van der Waals surface area contributed by atoms with E-state index in [-0.39, 0.29) is 0 Å². The molecule has 0 bridgehead atoms. The lowest BCUT2D eigenvalue weighted by molar-refractivity contribution is 0.167. The van der Waals surface area contributed by atoms with Gasteiger partial charge in [0.1, 0.15) is 0 Å². The first-order valence-corrected chi connectivity index (χ1v) is 7.42. The highest BCUT2D eigenvalue weighted by atomic mass is 32.1. The fourth-order valence-corrected chi connectivity index (χ4v) is 2.99. The number of rotatable bonds is 3. The van der Waals surface area contributed by atoms with Gasteiger partial charge in [-0.2, -0.15) is 5.10 Å². The number of aromatic nitrogens is 4. The van der Waals surface area contributed by atoms with E-state index in [1.54, 1.807) is 6.20 Å². The van der Waals surface area contributed by atoms with Crippen LogP contribution >= 0.6 is 12.2 Å². The molecule has 0 aromatic carbocycles. The number of pyridine rings is 1. The summed E-state index contributed by atoms with van der Waals surface area (Å²) in [7, 11) is 2.19. The van der Waals surface area contributed by atoms with Gasteiger partial charge in [0.2, 0.25) is 0 Å². The zero-order valence-corrected chi connectivity index (χ0v) is 12.4. The maximum Gasteiger partial charge on any atom is 0.195 e. The number of piperidine rings is 1. The summed E-state index contributed by atoms with van der Waals surface area (Å²) in [4.78, 5) is 6.58. The zero-order valence-electron chi connectivity index (χ0n) is 11.6. The summed E-state index contributed by atoms with van der Waals surface area (Å²) in [6.07, 6.45) is 7.40. The van der Waals surface area contributed by atoms with E-state index in [1.807, 2.05) is 18.3 Å². The summed E-state index contributed by atoms with van der Waals surface area (Å²) in [6, 6.07) is 4.46. The van der Waals surface area contributed by atoms with Gasteiger partial charge in [-0.05, 0) is 50.8 Å². The standard InChI is InChI=1S/C14H19N5S/c1-18-8-3-2-6-12(18)10-19-13(16-17-14(19)20)11-5-4-7-15-9-11/h4-5,7,9,12H,2-3,6,8,10H2,1H3,(H,17,20). The number of aromatic amines is 1. The molecule has 0 spiro atoms. The molecule has 0 radical (unpaired) electrons. The van der Waals surface area contributed by atoms with Crippen molar-refractivity contribution in [1.82, 2.24) is 24.6 Å². The summed E-state index contributed by atoms with van der Waals surface area (Å²) < 4.78 is 2.78. The van der Waals surface area contributed by atoms with Crippen LogP contribution in [0.15, 0.2) is 24.5 Å². The molecular weight excluding hydrogens is 270 g/mol. The molecule has 1 fully saturated rings. The Balaban J connectivity index is 1.90. The largest absolute Gasteiger partial charge is 0.302 e. The van der Waals surface area contributed by atoms with E-state index in [1.165, 1.54) is 19.3 Å². The molecule has 1 aliphatic rings. The van der Waals surface area contributed by atoms with Gasteiger partial charge in [-0.15, -0.1) is 0 Å². The minimum Gasteiger partial charge on any atom is -0.302 e. The Morgan fingerprint density at radius 1 is 1.45 bits per heavy atom. The van der Waals surface area contributed by atoms with E-state index in [4.69, 9.17) is 12.2 Å². The normalized spacial score (nSPS) is 20.1. The van der Waals surface area contributed by atoms with Crippen molar-refractivity contribution in [3.8, 4) is 11.4 Å². The molecule has 3 rings (SSSR count). The number of hydrogen-bond donors (Lipinski definition) is 1. The van der Waals surface area contributed by atoms with Crippen LogP contribution < -0.4 is 0 Å². The molecule has 3 heterocycles. The molecule has 1 unspecified atom stereocenters. The quantitative estimate of drug-likeness (QED) is 0.882. The molecule has 0 amide bonds. The third-order valence-electron chi connectivity index (χ3n) is 3.99. The van der Waals surface area contributed by atoms with Crippen LogP contribution in [0.1, 0.15) is 19.3 Å². The van der Waals surface area contributed by atoms with Crippen molar-refractivity contribution in [3.63, 3.8) is 0 Å². The lowest BCUT2D eigenvalue weighted by atomic mass is 10.0. The van der Waals surface area contributed by atoms with Crippen LogP contribution in [0.25, 0.3) is 11.4 Å². The van der Waals surface area contributed by atoms with Gasteiger partial charge in [-0.1, -0.05) is 6.42 Å². The number of nitrogens with zero attached hydrogens (tertiary/aromatic N) is 4. The summed E-state index contributed by atoms with van der Waals surface area (Å²) >= 11 is 5.39. The van der Waals surface area contributed by atoms with Crippen molar-refractivity contribution < 1.29 is 0 Å². The number of H-pyrrole nitrogens is 1. The summed E-state index contributed by atoms with van der Waals surface area (Å²) in [5.41, 5.74) is 0.998. The lowest BCUT2D eigenvalue weighted by Gasteiger charge is -2.32. The maximum absolute atomic E-state index is 5.39. The second-order valence-electron chi connectivity index (χ2n) is 5.33. The molecule has 1 N–H and O–H groups in total. The van der Waals surface area contributed by atoms with Gasteiger partial charge in [0.25, 0.3) is 0 Å². The van der Waals surface area contributed by atoms with Crippen LogP contribution in [0.2, 0.25) is 0 Å². The van der Waals surface area contributed by atoms with Gasteiger partial charge in [-0.25, -0.2) is 0 Å². The first-order chi connectivity index (χ1) is 9.75. The van der Waals surface area contributed by atoms with Gasteiger partial charge in [0.15, 0.2) is 10.6 Å². The van der Waals surface area contributed by atoms with Crippen molar-refractivity contribution in [2.45, 2.75) is 31.8 Å². The van der Waals surface area contributed by atoms with E-state index in [9.17, 15) is 0 Å². The Kier molecular flexibility index (Phi) is 3.93. The Labute approximate surface area is 123 Å². The Hall–Kier alpha value is -1.53. The Bertz CT molecular complexity index is 618. The molecule has 1 saturated heterocycles.